The van der Waals surface area contributed by atoms with Gasteiger partial charge in [-0.2, -0.15) is 0 Å². The van der Waals surface area contributed by atoms with Gasteiger partial charge in [0.15, 0.2) is 0 Å². The zero-order valence-electron chi connectivity index (χ0n) is 15.3. The first-order chi connectivity index (χ1) is 13.5. The summed E-state index contributed by atoms with van der Waals surface area (Å²) in [7, 11) is 1.36. The van der Waals surface area contributed by atoms with Crippen LogP contribution < -0.4 is 10.1 Å². The van der Waals surface area contributed by atoms with E-state index >= 15 is 0 Å². The Morgan fingerprint density at radius 1 is 1.07 bits per heavy atom. The molecular formula is C20H20F2N2O4. The molecule has 6 nitrogen and oxygen atoms in total. The highest BCUT2D eigenvalue weighted by atomic mass is 19.1. The van der Waals surface area contributed by atoms with E-state index in [9.17, 15) is 18.4 Å². The lowest BCUT2D eigenvalue weighted by Gasteiger charge is -2.27. The Morgan fingerprint density at radius 3 is 2.39 bits per heavy atom. The van der Waals surface area contributed by atoms with Crippen LogP contribution in [-0.2, 0) is 9.53 Å². The predicted octanol–water partition coefficient (Wildman–Crippen LogP) is 3.61. The largest absolute Gasteiger partial charge is 0.469 e. The maximum Gasteiger partial charge on any atom is 0.308 e. The number of hydrogen-bond acceptors (Lipinski definition) is 5. The van der Waals surface area contributed by atoms with E-state index in [2.05, 4.69) is 10.3 Å². The van der Waals surface area contributed by atoms with E-state index < -0.39 is 17.5 Å². The van der Waals surface area contributed by atoms with Crippen LogP contribution in [0.4, 0.5) is 8.78 Å². The Morgan fingerprint density at radius 2 is 1.75 bits per heavy atom. The van der Waals surface area contributed by atoms with Crippen molar-refractivity contribution in [2.75, 3.05) is 7.11 Å². The van der Waals surface area contributed by atoms with Crippen LogP contribution in [0.2, 0.25) is 0 Å². The highest BCUT2D eigenvalue weighted by Crippen LogP contribution is 2.27. The third kappa shape index (κ3) is 4.82. The maximum atomic E-state index is 13.7. The van der Waals surface area contributed by atoms with Gasteiger partial charge in [0.1, 0.15) is 22.9 Å². The topological polar surface area (TPSA) is 77.5 Å². The lowest BCUT2D eigenvalue weighted by molar-refractivity contribution is -0.146. The lowest BCUT2D eigenvalue weighted by Crippen LogP contribution is -2.39. The number of nitrogens with one attached hydrogen (secondary N) is 1. The SMILES string of the molecule is COC(=O)[C@H]1CC[C@H](NC(=O)c2cc(F)cnc2Oc2ccc(F)cc2)CC1. The molecule has 0 radical (unpaired) electrons. The molecule has 1 amide bonds. The van der Waals surface area contributed by atoms with Gasteiger partial charge in [-0.25, -0.2) is 13.8 Å². The van der Waals surface area contributed by atoms with Crippen LogP contribution >= 0.6 is 0 Å². The summed E-state index contributed by atoms with van der Waals surface area (Å²) in [6.07, 6.45) is 3.39. The summed E-state index contributed by atoms with van der Waals surface area (Å²) in [5.74, 6) is -1.83. The molecule has 0 unspecified atom stereocenters. The normalized spacial score (nSPS) is 19.0. The number of esters is 1. The fourth-order valence-corrected chi connectivity index (χ4v) is 3.19. The minimum atomic E-state index is -0.675. The number of rotatable bonds is 5. The minimum Gasteiger partial charge on any atom is -0.469 e. The van der Waals surface area contributed by atoms with Crippen molar-refractivity contribution in [3.05, 3.63) is 53.7 Å². The average molecular weight is 390 g/mol. The third-order valence-electron chi connectivity index (χ3n) is 4.69. The van der Waals surface area contributed by atoms with Gasteiger partial charge in [-0.15, -0.1) is 0 Å². The molecule has 1 fully saturated rings. The Bertz CT molecular complexity index is 850. The van der Waals surface area contributed by atoms with E-state index in [1.807, 2.05) is 0 Å². The molecular weight excluding hydrogens is 370 g/mol. The Kier molecular flexibility index (Phi) is 6.18. The number of hydrogen-bond donors (Lipinski definition) is 1. The molecule has 0 atom stereocenters. The third-order valence-corrected chi connectivity index (χ3v) is 4.69. The Hall–Kier alpha value is -3.03. The molecule has 1 heterocycles. The van der Waals surface area contributed by atoms with Crippen LogP contribution in [-0.4, -0.2) is 30.0 Å². The number of carbonyl (C=O) groups excluding carboxylic acids is 2. The van der Waals surface area contributed by atoms with E-state index in [1.54, 1.807) is 0 Å². The number of pyridine rings is 1. The minimum absolute atomic E-state index is 0.0561. The first-order valence-electron chi connectivity index (χ1n) is 8.94. The molecule has 1 N–H and O–H groups in total. The zero-order chi connectivity index (χ0) is 20.1. The summed E-state index contributed by atoms with van der Waals surface area (Å²) >= 11 is 0. The van der Waals surface area contributed by atoms with Gasteiger partial charge in [-0.05, 0) is 56.0 Å². The van der Waals surface area contributed by atoms with E-state index in [-0.39, 0.29) is 35.1 Å². The fourth-order valence-electron chi connectivity index (χ4n) is 3.19. The van der Waals surface area contributed by atoms with Crippen molar-refractivity contribution >= 4 is 11.9 Å². The standard InChI is InChI=1S/C20H20F2N2O4/c1-27-20(26)12-2-6-15(7-3-12)24-18(25)17-10-14(22)11-23-19(17)28-16-8-4-13(21)5-9-16/h4-5,8-12,15H,2-3,6-7H2,1H3,(H,24,25)/t12-,15-. The predicted molar refractivity (Wildman–Crippen MR) is 95.9 cm³/mol. The Labute approximate surface area is 160 Å². The first-order valence-corrected chi connectivity index (χ1v) is 8.94. The summed E-state index contributed by atoms with van der Waals surface area (Å²) in [4.78, 5) is 28.1. The molecule has 2 aromatic rings. The van der Waals surface area contributed by atoms with Gasteiger partial charge in [-0.1, -0.05) is 0 Å². The first kappa shape index (κ1) is 19.7. The maximum absolute atomic E-state index is 13.7. The van der Waals surface area contributed by atoms with Gasteiger partial charge < -0.3 is 14.8 Å². The summed E-state index contributed by atoms with van der Waals surface area (Å²) < 4.78 is 37.0. The van der Waals surface area contributed by atoms with Crippen LogP contribution in [0.3, 0.4) is 0 Å². The molecule has 1 aromatic carbocycles. The van der Waals surface area contributed by atoms with Crippen molar-refractivity contribution in [2.24, 2.45) is 5.92 Å². The second-order valence-corrected chi connectivity index (χ2v) is 6.61. The van der Waals surface area contributed by atoms with Gasteiger partial charge in [-0.3, -0.25) is 9.59 Å². The molecule has 0 aliphatic heterocycles. The molecule has 3 rings (SSSR count). The summed E-state index contributed by atoms with van der Waals surface area (Å²) in [6.45, 7) is 0. The quantitative estimate of drug-likeness (QED) is 0.789. The van der Waals surface area contributed by atoms with E-state index in [1.165, 1.54) is 31.4 Å². The summed E-state index contributed by atoms with van der Waals surface area (Å²) in [5.41, 5.74) is -0.0561. The number of halogens is 2. The number of carbonyl (C=O) groups is 2. The van der Waals surface area contributed by atoms with Crippen LogP contribution in [0.1, 0.15) is 36.0 Å². The summed E-state index contributed by atoms with van der Waals surface area (Å²) in [6, 6.07) is 6.08. The van der Waals surface area contributed by atoms with Gasteiger partial charge in [0.2, 0.25) is 5.88 Å². The van der Waals surface area contributed by atoms with Gasteiger partial charge in [0, 0.05) is 6.04 Å². The molecule has 0 bridgehead atoms. The number of methoxy groups -OCH3 is 1. The van der Waals surface area contributed by atoms with Crippen molar-refractivity contribution in [3.63, 3.8) is 0 Å². The van der Waals surface area contributed by atoms with E-state index in [0.717, 1.165) is 12.3 Å². The second-order valence-electron chi connectivity index (χ2n) is 6.61. The van der Waals surface area contributed by atoms with Gasteiger partial charge >= 0.3 is 5.97 Å². The number of amides is 1. The van der Waals surface area contributed by atoms with Crippen LogP contribution in [0, 0.1) is 17.6 Å². The summed E-state index contributed by atoms with van der Waals surface area (Å²) in [5, 5.41) is 2.84. The fraction of sp³-hybridized carbons (Fsp3) is 0.350. The molecule has 1 saturated carbocycles. The number of nitrogens with zero attached hydrogens (tertiary/aromatic N) is 1. The van der Waals surface area contributed by atoms with Crippen molar-refractivity contribution in [2.45, 2.75) is 31.7 Å². The van der Waals surface area contributed by atoms with Gasteiger partial charge in [0.25, 0.3) is 5.91 Å². The van der Waals surface area contributed by atoms with Crippen molar-refractivity contribution in [3.8, 4) is 11.6 Å². The van der Waals surface area contributed by atoms with E-state index in [0.29, 0.717) is 25.7 Å². The van der Waals surface area contributed by atoms with Crippen LogP contribution in [0.5, 0.6) is 11.6 Å². The van der Waals surface area contributed by atoms with Crippen molar-refractivity contribution < 1.29 is 27.8 Å². The molecule has 0 saturated heterocycles. The van der Waals surface area contributed by atoms with Crippen molar-refractivity contribution in [1.82, 2.24) is 10.3 Å². The molecule has 8 heteroatoms. The van der Waals surface area contributed by atoms with Crippen LogP contribution in [0.25, 0.3) is 0 Å². The number of aromatic nitrogens is 1. The molecule has 148 valence electrons. The zero-order valence-corrected chi connectivity index (χ0v) is 15.3. The molecule has 0 spiro atoms. The average Bonchev–Trinajstić information content (AvgIpc) is 2.71. The highest BCUT2D eigenvalue weighted by molar-refractivity contribution is 5.96. The van der Waals surface area contributed by atoms with Crippen molar-refractivity contribution in [1.29, 1.82) is 0 Å². The second kappa shape index (κ2) is 8.77. The number of ether oxygens (including phenoxy) is 2. The monoisotopic (exact) mass is 390 g/mol. The molecule has 1 aliphatic rings. The molecule has 28 heavy (non-hydrogen) atoms. The van der Waals surface area contributed by atoms with Crippen LogP contribution in [0.15, 0.2) is 36.5 Å². The smallest absolute Gasteiger partial charge is 0.308 e. The lowest BCUT2D eigenvalue weighted by atomic mass is 9.86. The van der Waals surface area contributed by atoms with E-state index in [4.69, 9.17) is 9.47 Å². The highest BCUT2D eigenvalue weighted by Gasteiger charge is 2.28. The molecule has 1 aliphatic carbocycles. The number of benzene rings is 1. The Balaban J connectivity index is 1.68. The van der Waals surface area contributed by atoms with Gasteiger partial charge in [0.05, 0.1) is 19.2 Å². The molecule has 1 aromatic heterocycles.